The molecule has 0 aliphatic carbocycles. The smallest absolute Gasteiger partial charge is 0.303 e. The van der Waals surface area contributed by atoms with E-state index in [1.54, 1.807) is 11.9 Å². The third-order valence-electron chi connectivity index (χ3n) is 2.97. The largest absolute Gasteiger partial charge is 0.481 e. The molecule has 1 aliphatic rings. The van der Waals surface area contributed by atoms with Gasteiger partial charge in [-0.05, 0) is 18.8 Å². The zero-order chi connectivity index (χ0) is 10.7. The van der Waals surface area contributed by atoms with E-state index in [4.69, 9.17) is 5.11 Å². The summed E-state index contributed by atoms with van der Waals surface area (Å²) in [6, 6.07) is 0. The van der Waals surface area contributed by atoms with E-state index in [9.17, 15) is 9.59 Å². The molecule has 0 bridgehead atoms. The Morgan fingerprint density at radius 2 is 2.36 bits per heavy atom. The molecule has 1 rings (SSSR count). The summed E-state index contributed by atoms with van der Waals surface area (Å²) in [6.45, 7) is 2.77. The van der Waals surface area contributed by atoms with Crippen LogP contribution in [0.3, 0.4) is 0 Å². The summed E-state index contributed by atoms with van der Waals surface area (Å²) in [5.41, 5.74) is 0. The number of likely N-dealkylation sites (tertiary alicyclic amines) is 1. The Morgan fingerprint density at radius 3 is 2.79 bits per heavy atom. The monoisotopic (exact) mass is 199 g/mol. The van der Waals surface area contributed by atoms with E-state index in [0.717, 1.165) is 13.0 Å². The summed E-state index contributed by atoms with van der Waals surface area (Å²) < 4.78 is 0. The lowest BCUT2D eigenvalue weighted by Crippen LogP contribution is -2.26. The zero-order valence-electron chi connectivity index (χ0n) is 8.69. The van der Waals surface area contributed by atoms with Gasteiger partial charge in [-0.15, -0.1) is 0 Å². The molecule has 1 amide bonds. The molecule has 1 aliphatic heterocycles. The molecule has 0 aromatic carbocycles. The lowest BCUT2D eigenvalue weighted by atomic mass is 9.89. The first-order chi connectivity index (χ1) is 6.52. The number of carbonyl (C=O) groups excluding carboxylic acids is 1. The van der Waals surface area contributed by atoms with Gasteiger partial charge in [0.15, 0.2) is 0 Å². The van der Waals surface area contributed by atoms with Crippen LogP contribution in [-0.2, 0) is 9.59 Å². The van der Waals surface area contributed by atoms with Crippen molar-refractivity contribution in [1.82, 2.24) is 4.90 Å². The van der Waals surface area contributed by atoms with Crippen LogP contribution in [0.25, 0.3) is 0 Å². The van der Waals surface area contributed by atoms with Crippen LogP contribution < -0.4 is 0 Å². The molecule has 80 valence electrons. The summed E-state index contributed by atoms with van der Waals surface area (Å²) in [5.74, 6) is -0.388. The predicted molar refractivity (Wildman–Crippen MR) is 51.8 cm³/mol. The van der Waals surface area contributed by atoms with Gasteiger partial charge in [0, 0.05) is 25.9 Å². The van der Waals surface area contributed by atoms with Crippen LogP contribution in [0, 0.1) is 11.8 Å². The van der Waals surface area contributed by atoms with Crippen LogP contribution in [0.2, 0.25) is 0 Å². The standard InChI is InChI=1S/C10H17NO3/c1-7(3-4-9(12)13)8-5-6-11(2)10(8)14/h7-8H,3-6H2,1-2H3,(H,12,13). The lowest BCUT2D eigenvalue weighted by Gasteiger charge is -2.16. The number of rotatable bonds is 4. The van der Waals surface area contributed by atoms with E-state index >= 15 is 0 Å². The number of amides is 1. The van der Waals surface area contributed by atoms with E-state index in [1.807, 2.05) is 6.92 Å². The minimum absolute atomic E-state index is 0.0411. The van der Waals surface area contributed by atoms with E-state index in [2.05, 4.69) is 0 Å². The van der Waals surface area contributed by atoms with Gasteiger partial charge < -0.3 is 10.0 Å². The molecule has 0 saturated carbocycles. The van der Waals surface area contributed by atoms with Crippen molar-refractivity contribution in [2.75, 3.05) is 13.6 Å². The van der Waals surface area contributed by atoms with E-state index < -0.39 is 5.97 Å². The summed E-state index contributed by atoms with van der Waals surface area (Å²) in [6.07, 6.45) is 1.63. The van der Waals surface area contributed by atoms with Crippen molar-refractivity contribution in [2.24, 2.45) is 11.8 Å². The lowest BCUT2D eigenvalue weighted by molar-refractivity contribution is -0.138. The van der Waals surface area contributed by atoms with Crippen LogP contribution in [0.15, 0.2) is 0 Å². The highest BCUT2D eigenvalue weighted by atomic mass is 16.4. The Morgan fingerprint density at radius 1 is 1.71 bits per heavy atom. The highest BCUT2D eigenvalue weighted by Crippen LogP contribution is 2.27. The Balaban J connectivity index is 2.41. The first-order valence-electron chi connectivity index (χ1n) is 4.99. The number of carbonyl (C=O) groups is 2. The maximum atomic E-state index is 11.6. The molecular weight excluding hydrogens is 182 g/mol. The predicted octanol–water partition coefficient (Wildman–Crippen LogP) is 0.966. The number of aliphatic carboxylic acids is 1. The van der Waals surface area contributed by atoms with Gasteiger partial charge in [-0.25, -0.2) is 0 Å². The second-order valence-corrected chi connectivity index (χ2v) is 4.06. The van der Waals surface area contributed by atoms with Crippen LogP contribution in [0.1, 0.15) is 26.2 Å². The Bertz CT molecular complexity index is 240. The van der Waals surface area contributed by atoms with Gasteiger partial charge in [0.1, 0.15) is 0 Å². The summed E-state index contributed by atoms with van der Waals surface area (Å²) >= 11 is 0. The van der Waals surface area contributed by atoms with Gasteiger partial charge in [-0.3, -0.25) is 9.59 Å². The zero-order valence-corrected chi connectivity index (χ0v) is 8.69. The molecule has 1 fully saturated rings. The van der Waals surface area contributed by atoms with Gasteiger partial charge in [0.25, 0.3) is 0 Å². The Kier molecular flexibility index (Phi) is 3.49. The third-order valence-corrected chi connectivity index (χ3v) is 2.97. The number of nitrogens with zero attached hydrogens (tertiary/aromatic N) is 1. The van der Waals surface area contributed by atoms with Crippen LogP contribution in [0.5, 0.6) is 0 Å². The summed E-state index contributed by atoms with van der Waals surface area (Å²) in [4.78, 5) is 23.7. The number of carboxylic acid groups (broad SMARTS) is 1. The van der Waals surface area contributed by atoms with Crippen molar-refractivity contribution >= 4 is 11.9 Å². The van der Waals surface area contributed by atoms with Crippen molar-refractivity contribution < 1.29 is 14.7 Å². The van der Waals surface area contributed by atoms with Crippen molar-refractivity contribution in [2.45, 2.75) is 26.2 Å². The fraction of sp³-hybridized carbons (Fsp3) is 0.800. The molecule has 14 heavy (non-hydrogen) atoms. The second kappa shape index (κ2) is 4.44. The minimum Gasteiger partial charge on any atom is -0.481 e. The molecule has 1 heterocycles. The maximum absolute atomic E-state index is 11.6. The molecule has 2 unspecified atom stereocenters. The van der Waals surface area contributed by atoms with Gasteiger partial charge >= 0.3 is 5.97 Å². The average Bonchev–Trinajstić information content (AvgIpc) is 2.44. The molecule has 0 spiro atoms. The number of carboxylic acids is 1. The summed E-state index contributed by atoms with van der Waals surface area (Å²) in [5, 5.41) is 8.53. The van der Waals surface area contributed by atoms with E-state index in [-0.39, 0.29) is 24.2 Å². The first-order valence-corrected chi connectivity index (χ1v) is 4.99. The fourth-order valence-electron chi connectivity index (χ4n) is 1.93. The van der Waals surface area contributed by atoms with Crippen LogP contribution in [0.4, 0.5) is 0 Å². The van der Waals surface area contributed by atoms with Gasteiger partial charge in [-0.2, -0.15) is 0 Å². The van der Waals surface area contributed by atoms with Crippen molar-refractivity contribution in [3.63, 3.8) is 0 Å². The first kappa shape index (κ1) is 11.0. The minimum atomic E-state index is -0.782. The molecule has 4 heteroatoms. The molecular formula is C10H17NO3. The van der Waals surface area contributed by atoms with Crippen LogP contribution >= 0.6 is 0 Å². The van der Waals surface area contributed by atoms with E-state index in [0.29, 0.717) is 6.42 Å². The van der Waals surface area contributed by atoms with Crippen molar-refractivity contribution in [3.8, 4) is 0 Å². The third kappa shape index (κ3) is 2.47. The van der Waals surface area contributed by atoms with Crippen molar-refractivity contribution in [3.05, 3.63) is 0 Å². The molecule has 0 aromatic heterocycles. The maximum Gasteiger partial charge on any atom is 0.303 e. The highest BCUT2D eigenvalue weighted by Gasteiger charge is 2.33. The van der Waals surface area contributed by atoms with Gasteiger partial charge in [0.05, 0.1) is 0 Å². The van der Waals surface area contributed by atoms with Gasteiger partial charge in [0.2, 0.25) is 5.91 Å². The second-order valence-electron chi connectivity index (χ2n) is 4.06. The van der Waals surface area contributed by atoms with Crippen LogP contribution in [-0.4, -0.2) is 35.5 Å². The fourth-order valence-corrected chi connectivity index (χ4v) is 1.93. The Labute approximate surface area is 83.9 Å². The summed E-state index contributed by atoms with van der Waals surface area (Å²) in [7, 11) is 1.80. The molecule has 1 N–H and O–H groups in total. The average molecular weight is 199 g/mol. The number of hydrogen-bond donors (Lipinski definition) is 1. The highest BCUT2D eigenvalue weighted by molar-refractivity contribution is 5.80. The molecule has 2 atom stereocenters. The molecule has 4 nitrogen and oxygen atoms in total. The molecule has 1 saturated heterocycles. The number of hydrogen-bond acceptors (Lipinski definition) is 2. The molecule has 0 aromatic rings. The SMILES string of the molecule is CC(CCC(=O)O)C1CCN(C)C1=O. The Hall–Kier alpha value is -1.06. The normalized spacial score (nSPS) is 24.0. The quantitative estimate of drug-likeness (QED) is 0.733. The van der Waals surface area contributed by atoms with Gasteiger partial charge in [-0.1, -0.05) is 6.92 Å². The van der Waals surface area contributed by atoms with Crippen molar-refractivity contribution in [1.29, 1.82) is 0 Å². The molecule has 0 radical (unpaired) electrons. The van der Waals surface area contributed by atoms with E-state index in [1.165, 1.54) is 0 Å². The topological polar surface area (TPSA) is 57.6 Å².